The minimum absolute atomic E-state index is 0.178. The number of nitrogens with two attached hydrogens (primary N) is 1. The molecule has 0 unspecified atom stereocenters. The SMILES string of the molecule is NC(=O)CNC(=O)c1ccc(I)c(Cl)c1. The number of benzene rings is 1. The van der Waals surface area contributed by atoms with Crippen molar-refractivity contribution < 1.29 is 9.59 Å². The molecule has 0 heterocycles. The van der Waals surface area contributed by atoms with Gasteiger partial charge in [-0.2, -0.15) is 0 Å². The molecule has 0 spiro atoms. The molecule has 1 aromatic rings. The highest BCUT2D eigenvalue weighted by Gasteiger charge is 2.07. The van der Waals surface area contributed by atoms with E-state index in [0.29, 0.717) is 10.6 Å². The van der Waals surface area contributed by atoms with Crippen LogP contribution in [0.5, 0.6) is 0 Å². The average molecular weight is 339 g/mol. The normalized spacial score (nSPS) is 9.73. The molecular weight excluding hydrogens is 330 g/mol. The molecule has 1 aromatic carbocycles. The Morgan fingerprint density at radius 3 is 2.67 bits per heavy atom. The van der Waals surface area contributed by atoms with Crippen molar-refractivity contribution in [2.24, 2.45) is 5.73 Å². The highest BCUT2D eigenvalue weighted by Crippen LogP contribution is 2.19. The fourth-order valence-electron chi connectivity index (χ4n) is 0.907. The standard InChI is InChI=1S/C9H8ClIN2O2/c10-6-3-5(1-2-7(6)11)9(15)13-4-8(12)14/h1-3H,4H2,(H2,12,14)(H,13,15). The van der Waals surface area contributed by atoms with Gasteiger partial charge in [-0.15, -0.1) is 0 Å². The van der Waals surface area contributed by atoms with Crippen LogP contribution in [0.2, 0.25) is 5.02 Å². The van der Waals surface area contributed by atoms with Gasteiger partial charge < -0.3 is 11.1 Å². The number of hydrogen-bond donors (Lipinski definition) is 2. The van der Waals surface area contributed by atoms with E-state index in [9.17, 15) is 9.59 Å². The Balaban J connectivity index is 2.74. The second-order valence-electron chi connectivity index (χ2n) is 2.78. The first-order chi connectivity index (χ1) is 7.00. The van der Waals surface area contributed by atoms with E-state index in [-0.39, 0.29) is 12.5 Å². The second kappa shape index (κ2) is 5.32. The molecule has 0 saturated heterocycles. The summed E-state index contributed by atoms with van der Waals surface area (Å²) in [6.45, 7) is -0.178. The molecule has 0 saturated carbocycles. The summed E-state index contributed by atoms with van der Waals surface area (Å²) in [5, 5.41) is 2.87. The molecule has 80 valence electrons. The van der Waals surface area contributed by atoms with Crippen molar-refractivity contribution in [2.75, 3.05) is 6.54 Å². The van der Waals surface area contributed by atoms with Gasteiger partial charge in [0.1, 0.15) is 0 Å². The van der Waals surface area contributed by atoms with Gasteiger partial charge in [0.15, 0.2) is 0 Å². The van der Waals surface area contributed by atoms with Crippen LogP contribution < -0.4 is 11.1 Å². The summed E-state index contributed by atoms with van der Waals surface area (Å²) in [7, 11) is 0. The molecule has 15 heavy (non-hydrogen) atoms. The first-order valence-electron chi connectivity index (χ1n) is 4.02. The van der Waals surface area contributed by atoms with Crippen LogP contribution in [0.15, 0.2) is 18.2 Å². The van der Waals surface area contributed by atoms with Gasteiger partial charge >= 0.3 is 0 Å². The lowest BCUT2D eigenvalue weighted by Gasteiger charge is -2.03. The zero-order valence-corrected chi connectivity index (χ0v) is 10.5. The molecule has 0 aliphatic carbocycles. The minimum Gasteiger partial charge on any atom is -0.368 e. The molecule has 0 aromatic heterocycles. The fraction of sp³-hybridized carbons (Fsp3) is 0.111. The molecule has 4 nitrogen and oxygen atoms in total. The van der Waals surface area contributed by atoms with Crippen molar-refractivity contribution in [1.82, 2.24) is 5.32 Å². The van der Waals surface area contributed by atoms with Gasteiger partial charge in [0.2, 0.25) is 5.91 Å². The lowest BCUT2D eigenvalue weighted by atomic mass is 10.2. The van der Waals surface area contributed by atoms with Gasteiger partial charge in [-0.1, -0.05) is 11.6 Å². The van der Waals surface area contributed by atoms with E-state index in [0.717, 1.165) is 3.57 Å². The second-order valence-corrected chi connectivity index (χ2v) is 4.35. The van der Waals surface area contributed by atoms with E-state index in [2.05, 4.69) is 27.9 Å². The first kappa shape index (κ1) is 12.3. The van der Waals surface area contributed by atoms with Crippen molar-refractivity contribution >= 4 is 46.0 Å². The maximum atomic E-state index is 11.4. The summed E-state index contributed by atoms with van der Waals surface area (Å²) in [5.74, 6) is -0.952. The van der Waals surface area contributed by atoms with Crippen LogP contribution in [0.1, 0.15) is 10.4 Å². The zero-order valence-electron chi connectivity index (χ0n) is 7.59. The molecule has 0 bridgehead atoms. The molecule has 0 aliphatic heterocycles. The first-order valence-corrected chi connectivity index (χ1v) is 5.48. The van der Waals surface area contributed by atoms with Crippen LogP contribution in [0.3, 0.4) is 0 Å². The molecular formula is C9H8ClIN2O2. The Labute approximate surface area is 105 Å². The van der Waals surface area contributed by atoms with Crippen LogP contribution in [0, 0.1) is 3.57 Å². The van der Waals surface area contributed by atoms with E-state index in [1.165, 1.54) is 0 Å². The van der Waals surface area contributed by atoms with Crippen LogP contribution in [-0.2, 0) is 4.79 Å². The third kappa shape index (κ3) is 3.67. The van der Waals surface area contributed by atoms with Crippen LogP contribution >= 0.6 is 34.2 Å². The molecule has 2 amide bonds. The Bertz CT molecular complexity index is 409. The number of hydrogen-bond acceptors (Lipinski definition) is 2. The monoisotopic (exact) mass is 338 g/mol. The van der Waals surface area contributed by atoms with Gasteiger partial charge in [0, 0.05) is 9.13 Å². The molecule has 0 atom stereocenters. The Hall–Kier alpha value is -0.820. The summed E-state index contributed by atoms with van der Waals surface area (Å²) >= 11 is 7.90. The highest BCUT2D eigenvalue weighted by molar-refractivity contribution is 14.1. The number of amides is 2. The number of rotatable bonds is 3. The smallest absolute Gasteiger partial charge is 0.251 e. The van der Waals surface area contributed by atoms with Crippen LogP contribution in [0.4, 0.5) is 0 Å². The van der Waals surface area contributed by atoms with Crippen LogP contribution in [-0.4, -0.2) is 18.4 Å². The van der Waals surface area contributed by atoms with E-state index >= 15 is 0 Å². The van der Waals surface area contributed by atoms with E-state index < -0.39 is 5.91 Å². The predicted molar refractivity (Wildman–Crippen MR) is 65.7 cm³/mol. The van der Waals surface area contributed by atoms with Gasteiger partial charge in [-0.3, -0.25) is 9.59 Å². The van der Waals surface area contributed by atoms with Gasteiger partial charge in [-0.25, -0.2) is 0 Å². The molecule has 6 heteroatoms. The number of primary amides is 1. The highest BCUT2D eigenvalue weighted by atomic mass is 127. The Morgan fingerprint density at radius 1 is 1.47 bits per heavy atom. The Morgan fingerprint density at radius 2 is 2.13 bits per heavy atom. The summed E-state index contributed by atoms with van der Waals surface area (Å²) in [6.07, 6.45) is 0. The molecule has 0 radical (unpaired) electrons. The summed E-state index contributed by atoms with van der Waals surface area (Å²) < 4.78 is 0.862. The van der Waals surface area contributed by atoms with Crippen molar-refractivity contribution in [1.29, 1.82) is 0 Å². The lowest BCUT2D eigenvalue weighted by molar-refractivity contribution is -0.117. The summed E-state index contributed by atoms with van der Waals surface area (Å²) in [4.78, 5) is 21.9. The maximum Gasteiger partial charge on any atom is 0.251 e. The van der Waals surface area contributed by atoms with Gasteiger partial charge in [0.05, 0.1) is 11.6 Å². The largest absolute Gasteiger partial charge is 0.368 e. The van der Waals surface area contributed by atoms with Crippen LogP contribution in [0.25, 0.3) is 0 Å². The third-order valence-electron chi connectivity index (χ3n) is 1.60. The van der Waals surface area contributed by atoms with Gasteiger partial charge in [0.25, 0.3) is 5.91 Å². The molecule has 1 rings (SSSR count). The predicted octanol–water partition coefficient (Wildman–Crippen LogP) is 1.16. The van der Waals surface area contributed by atoms with E-state index in [4.69, 9.17) is 17.3 Å². The molecule has 0 fully saturated rings. The maximum absolute atomic E-state index is 11.4. The van der Waals surface area contributed by atoms with Crippen molar-refractivity contribution in [2.45, 2.75) is 0 Å². The minimum atomic E-state index is -0.583. The molecule has 0 aliphatic rings. The molecule has 3 N–H and O–H groups in total. The van der Waals surface area contributed by atoms with Crippen molar-refractivity contribution in [3.63, 3.8) is 0 Å². The van der Waals surface area contributed by atoms with Crippen molar-refractivity contribution in [3.05, 3.63) is 32.4 Å². The van der Waals surface area contributed by atoms with E-state index in [1.807, 2.05) is 0 Å². The number of carbonyl (C=O) groups excluding carboxylic acids is 2. The van der Waals surface area contributed by atoms with Crippen molar-refractivity contribution in [3.8, 4) is 0 Å². The van der Waals surface area contributed by atoms with Gasteiger partial charge in [-0.05, 0) is 40.8 Å². The summed E-state index contributed by atoms with van der Waals surface area (Å²) in [6, 6.07) is 4.89. The number of carbonyl (C=O) groups is 2. The quantitative estimate of drug-likeness (QED) is 0.812. The fourth-order valence-corrected chi connectivity index (χ4v) is 1.42. The third-order valence-corrected chi connectivity index (χ3v) is 3.18. The number of nitrogens with one attached hydrogen (secondary N) is 1. The summed E-state index contributed by atoms with van der Waals surface area (Å²) in [5.41, 5.74) is 5.30. The Kier molecular flexibility index (Phi) is 4.34. The topological polar surface area (TPSA) is 72.2 Å². The lowest BCUT2D eigenvalue weighted by Crippen LogP contribution is -2.33. The van der Waals surface area contributed by atoms with E-state index in [1.54, 1.807) is 18.2 Å². The zero-order chi connectivity index (χ0) is 11.4. The average Bonchev–Trinajstić information content (AvgIpc) is 2.18. The number of halogens is 2.